The van der Waals surface area contributed by atoms with Crippen LogP contribution in [0.1, 0.15) is 20.3 Å². The molecule has 2 aromatic carbocycles. The Hall–Kier alpha value is -2.31. The molecule has 0 N–H and O–H groups in total. The van der Waals surface area contributed by atoms with E-state index >= 15 is 0 Å². The molecular weight excluding hydrogens is 418 g/mol. The third-order valence-corrected chi connectivity index (χ3v) is 6.55. The van der Waals surface area contributed by atoms with E-state index < -0.39 is 0 Å². The van der Waals surface area contributed by atoms with Crippen LogP contribution < -0.4 is 5.56 Å². The molecule has 2 unspecified atom stereocenters. The van der Waals surface area contributed by atoms with Gasteiger partial charge in [0.1, 0.15) is 0 Å². The Morgan fingerprint density at radius 2 is 1.77 bits per heavy atom. The number of aromatic nitrogens is 2. The van der Waals surface area contributed by atoms with Crippen molar-refractivity contribution in [2.24, 2.45) is 11.8 Å². The fourth-order valence-corrected chi connectivity index (χ4v) is 5.15. The maximum atomic E-state index is 13.2. The summed E-state index contributed by atoms with van der Waals surface area (Å²) in [4.78, 5) is 32.8. The van der Waals surface area contributed by atoms with Crippen molar-refractivity contribution in [2.75, 3.05) is 18.8 Å². The topological polar surface area (TPSA) is 55.2 Å². The standard InChI is InChI=1S/C23H24ClN3O2S/c1-15-11-16(2)13-26(12-15)21(28)14-30-23-25-20-6-4-3-5-19(20)22(29)27(23)18-9-7-17(24)8-10-18/h3-10,15-16H,11-14H2,1-2H3. The molecule has 30 heavy (non-hydrogen) atoms. The zero-order chi connectivity index (χ0) is 21.3. The molecule has 0 spiro atoms. The number of amides is 1. The van der Waals surface area contributed by atoms with Gasteiger partial charge in [0.05, 0.1) is 22.3 Å². The number of rotatable bonds is 4. The SMILES string of the molecule is CC1CC(C)CN(C(=O)CSc2nc3ccccc3c(=O)n2-c2ccc(Cl)cc2)C1. The molecule has 0 bridgehead atoms. The molecule has 1 saturated heterocycles. The van der Waals surface area contributed by atoms with E-state index in [-0.39, 0.29) is 17.2 Å². The van der Waals surface area contributed by atoms with Crippen LogP contribution in [0.5, 0.6) is 0 Å². The number of likely N-dealkylation sites (tertiary alicyclic amines) is 1. The summed E-state index contributed by atoms with van der Waals surface area (Å²) in [5, 5.41) is 1.65. The summed E-state index contributed by atoms with van der Waals surface area (Å²) in [7, 11) is 0. The Morgan fingerprint density at radius 1 is 1.10 bits per heavy atom. The quantitative estimate of drug-likeness (QED) is 0.437. The largest absolute Gasteiger partial charge is 0.341 e. The number of benzene rings is 2. The molecule has 1 aliphatic heterocycles. The molecule has 156 valence electrons. The van der Waals surface area contributed by atoms with Crippen LogP contribution in [0.2, 0.25) is 5.02 Å². The lowest BCUT2D eigenvalue weighted by Gasteiger charge is -2.35. The highest BCUT2D eigenvalue weighted by Gasteiger charge is 2.26. The van der Waals surface area contributed by atoms with Gasteiger partial charge < -0.3 is 4.90 Å². The normalized spacial score (nSPS) is 19.2. The van der Waals surface area contributed by atoms with Gasteiger partial charge in [-0.05, 0) is 54.7 Å². The van der Waals surface area contributed by atoms with Gasteiger partial charge in [-0.1, -0.05) is 49.3 Å². The zero-order valence-electron chi connectivity index (χ0n) is 17.0. The maximum absolute atomic E-state index is 13.2. The summed E-state index contributed by atoms with van der Waals surface area (Å²) < 4.78 is 1.57. The van der Waals surface area contributed by atoms with E-state index in [2.05, 4.69) is 13.8 Å². The number of hydrogen-bond donors (Lipinski definition) is 0. The van der Waals surface area contributed by atoms with Crippen LogP contribution in [0.4, 0.5) is 0 Å². The first-order valence-electron chi connectivity index (χ1n) is 10.1. The van der Waals surface area contributed by atoms with Crippen LogP contribution >= 0.6 is 23.4 Å². The second-order valence-corrected chi connectivity index (χ2v) is 9.44. The number of halogens is 1. The highest BCUT2D eigenvalue weighted by molar-refractivity contribution is 7.99. The summed E-state index contributed by atoms with van der Waals surface area (Å²) in [6.07, 6.45) is 1.15. The lowest BCUT2D eigenvalue weighted by atomic mass is 9.92. The van der Waals surface area contributed by atoms with Gasteiger partial charge in [-0.25, -0.2) is 4.98 Å². The summed E-state index contributed by atoms with van der Waals surface area (Å²) in [5.41, 5.74) is 1.15. The fraction of sp³-hybridized carbons (Fsp3) is 0.348. The van der Waals surface area contributed by atoms with Crippen molar-refractivity contribution < 1.29 is 4.79 Å². The molecule has 7 heteroatoms. The summed E-state index contributed by atoms with van der Waals surface area (Å²) >= 11 is 7.33. The Kier molecular flexibility index (Phi) is 6.16. The van der Waals surface area contributed by atoms with Crippen molar-refractivity contribution in [3.05, 3.63) is 63.9 Å². The van der Waals surface area contributed by atoms with Crippen molar-refractivity contribution in [1.29, 1.82) is 0 Å². The van der Waals surface area contributed by atoms with Gasteiger partial charge in [0.2, 0.25) is 5.91 Å². The second-order valence-electron chi connectivity index (χ2n) is 8.06. The number of carbonyl (C=O) groups excluding carboxylic acids is 1. The molecule has 3 aromatic rings. The molecule has 1 aliphatic rings. The average molecular weight is 442 g/mol. The first kappa shape index (κ1) is 20.9. The van der Waals surface area contributed by atoms with Crippen LogP contribution in [-0.2, 0) is 4.79 Å². The predicted molar refractivity (Wildman–Crippen MR) is 123 cm³/mol. The number of thioether (sulfide) groups is 1. The van der Waals surface area contributed by atoms with Crippen molar-refractivity contribution >= 4 is 40.2 Å². The van der Waals surface area contributed by atoms with E-state index in [0.717, 1.165) is 19.5 Å². The third kappa shape index (κ3) is 4.40. The number of carbonyl (C=O) groups is 1. The molecule has 2 heterocycles. The average Bonchev–Trinajstić information content (AvgIpc) is 2.72. The molecule has 0 aliphatic carbocycles. The minimum absolute atomic E-state index is 0.0865. The highest BCUT2D eigenvalue weighted by atomic mass is 35.5. The number of nitrogens with zero attached hydrogens (tertiary/aromatic N) is 3. The lowest BCUT2D eigenvalue weighted by Crippen LogP contribution is -2.43. The fourth-order valence-electron chi connectivity index (χ4n) is 4.11. The first-order chi connectivity index (χ1) is 14.4. The smallest absolute Gasteiger partial charge is 0.266 e. The maximum Gasteiger partial charge on any atom is 0.266 e. The van der Waals surface area contributed by atoms with Gasteiger partial charge in [0.15, 0.2) is 5.16 Å². The molecule has 1 fully saturated rings. The number of para-hydroxylation sites is 1. The summed E-state index contributed by atoms with van der Waals surface area (Å²) in [5.74, 6) is 1.35. The van der Waals surface area contributed by atoms with Gasteiger partial charge >= 0.3 is 0 Å². The second kappa shape index (κ2) is 8.82. The molecular formula is C23H24ClN3O2S. The van der Waals surface area contributed by atoms with Crippen LogP contribution in [-0.4, -0.2) is 39.2 Å². The summed E-state index contributed by atoms with van der Waals surface area (Å²) in [6, 6.07) is 14.4. The molecule has 4 rings (SSSR count). The first-order valence-corrected chi connectivity index (χ1v) is 11.5. The van der Waals surface area contributed by atoms with Gasteiger partial charge in [0.25, 0.3) is 5.56 Å². The van der Waals surface area contributed by atoms with Crippen LogP contribution in [0.15, 0.2) is 58.5 Å². The highest BCUT2D eigenvalue weighted by Crippen LogP contribution is 2.25. The molecule has 5 nitrogen and oxygen atoms in total. The molecule has 0 radical (unpaired) electrons. The van der Waals surface area contributed by atoms with E-state index in [1.165, 1.54) is 11.8 Å². The van der Waals surface area contributed by atoms with E-state index in [1.807, 2.05) is 23.1 Å². The van der Waals surface area contributed by atoms with Crippen LogP contribution in [0.3, 0.4) is 0 Å². The van der Waals surface area contributed by atoms with Crippen molar-refractivity contribution in [3.63, 3.8) is 0 Å². The molecule has 1 aromatic heterocycles. The Balaban J connectivity index is 1.67. The van der Waals surface area contributed by atoms with E-state index in [9.17, 15) is 9.59 Å². The number of fused-ring (bicyclic) bond motifs is 1. The van der Waals surface area contributed by atoms with Crippen molar-refractivity contribution in [3.8, 4) is 5.69 Å². The minimum atomic E-state index is -0.155. The molecule has 2 atom stereocenters. The van der Waals surface area contributed by atoms with Crippen LogP contribution in [0.25, 0.3) is 16.6 Å². The zero-order valence-corrected chi connectivity index (χ0v) is 18.6. The molecule has 0 saturated carbocycles. The van der Waals surface area contributed by atoms with E-state index in [0.29, 0.717) is 38.6 Å². The minimum Gasteiger partial charge on any atom is -0.341 e. The predicted octanol–water partition coefficient (Wildman–Crippen LogP) is 4.64. The monoisotopic (exact) mass is 441 g/mol. The van der Waals surface area contributed by atoms with E-state index in [4.69, 9.17) is 16.6 Å². The lowest BCUT2D eigenvalue weighted by molar-refractivity contribution is -0.130. The number of piperidine rings is 1. The molecule has 1 amide bonds. The van der Waals surface area contributed by atoms with Gasteiger partial charge in [-0.2, -0.15) is 0 Å². The number of hydrogen-bond acceptors (Lipinski definition) is 4. The van der Waals surface area contributed by atoms with Gasteiger partial charge in [0, 0.05) is 18.1 Å². The van der Waals surface area contributed by atoms with Crippen LogP contribution in [0, 0.1) is 11.8 Å². The van der Waals surface area contributed by atoms with Gasteiger partial charge in [-0.3, -0.25) is 14.2 Å². The Labute approximate surface area is 185 Å². The summed E-state index contributed by atoms with van der Waals surface area (Å²) in [6.45, 7) is 5.95. The third-order valence-electron chi connectivity index (χ3n) is 5.38. The van der Waals surface area contributed by atoms with Gasteiger partial charge in [-0.15, -0.1) is 0 Å². The Bertz CT molecular complexity index is 1120. The van der Waals surface area contributed by atoms with E-state index in [1.54, 1.807) is 34.9 Å². The van der Waals surface area contributed by atoms with Crippen molar-refractivity contribution in [1.82, 2.24) is 14.5 Å². The Morgan fingerprint density at radius 3 is 2.47 bits per heavy atom. The van der Waals surface area contributed by atoms with Crippen molar-refractivity contribution in [2.45, 2.75) is 25.4 Å².